The van der Waals surface area contributed by atoms with Crippen LogP contribution in [-0.4, -0.2) is 20.4 Å². The van der Waals surface area contributed by atoms with Crippen molar-refractivity contribution in [1.29, 1.82) is 0 Å². The minimum atomic E-state index is -4.53. The number of alkyl halides is 3. The molecule has 1 fully saturated rings. The van der Waals surface area contributed by atoms with Crippen molar-refractivity contribution in [3.8, 4) is 0 Å². The van der Waals surface area contributed by atoms with Crippen molar-refractivity contribution in [3.63, 3.8) is 0 Å². The van der Waals surface area contributed by atoms with Gasteiger partial charge in [-0.25, -0.2) is 13.1 Å². The molecule has 0 saturated heterocycles. The van der Waals surface area contributed by atoms with E-state index in [1.165, 1.54) is 0 Å². The third kappa shape index (κ3) is 6.24. The molecule has 1 saturated carbocycles. The Morgan fingerprint density at radius 2 is 1.56 bits per heavy atom. The van der Waals surface area contributed by atoms with Crippen molar-refractivity contribution in [2.75, 3.05) is 0 Å². The molecule has 2 aromatic carbocycles. The lowest BCUT2D eigenvalue weighted by atomic mass is 9.85. The average molecular weight is 489 g/mol. The van der Waals surface area contributed by atoms with Crippen molar-refractivity contribution in [2.24, 2.45) is 5.92 Å². The lowest BCUT2D eigenvalue weighted by molar-refractivity contribution is -0.137. The van der Waals surface area contributed by atoms with Gasteiger partial charge in [-0.05, 0) is 74.6 Å². The SMILES string of the molecule is C[C@@H](NC(=O)C1CCC(NS(=O)(=O)c2ccc(C(F)(F)F)cc2)CC1)c1ccc(Cl)cc1. The monoisotopic (exact) mass is 488 g/mol. The molecule has 10 heteroatoms. The van der Waals surface area contributed by atoms with Crippen LogP contribution < -0.4 is 10.0 Å². The van der Waals surface area contributed by atoms with Gasteiger partial charge in [-0.3, -0.25) is 4.79 Å². The minimum absolute atomic E-state index is 0.0866. The van der Waals surface area contributed by atoms with E-state index < -0.39 is 21.8 Å². The summed E-state index contributed by atoms with van der Waals surface area (Å²) in [7, 11) is -3.95. The van der Waals surface area contributed by atoms with Crippen LogP contribution in [0.4, 0.5) is 13.2 Å². The summed E-state index contributed by atoms with van der Waals surface area (Å²) in [6, 6.07) is 10.0. The number of carbonyl (C=O) groups excluding carboxylic acids is 1. The van der Waals surface area contributed by atoms with Crippen LogP contribution in [0.25, 0.3) is 0 Å². The van der Waals surface area contributed by atoms with Gasteiger partial charge in [0.1, 0.15) is 0 Å². The smallest absolute Gasteiger partial charge is 0.349 e. The number of carbonyl (C=O) groups is 1. The van der Waals surface area contributed by atoms with E-state index in [2.05, 4.69) is 10.0 Å². The zero-order valence-electron chi connectivity index (χ0n) is 17.3. The highest BCUT2D eigenvalue weighted by Gasteiger charge is 2.32. The Kier molecular flexibility index (Phi) is 7.52. The zero-order valence-corrected chi connectivity index (χ0v) is 18.9. The summed E-state index contributed by atoms with van der Waals surface area (Å²) in [5, 5.41) is 3.59. The van der Waals surface area contributed by atoms with E-state index in [0.29, 0.717) is 30.7 Å². The number of hydrogen-bond donors (Lipinski definition) is 2. The number of benzene rings is 2. The molecule has 3 rings (SSSR count). The van der Waals surface area contributed by atoms with Gasteiger partial charge in [-0.15, -0.1) is 0 Å². The first-order valence-corrected chi connectivity index (χ1v) is 12.1. The average Bonchev–Trinajstić information content (AvgIpc) is 2.74. The molecule has 0 bridgehead atoms. The molecule has 0 aromatic heterocycles. The van der Waals surface area contributed by atoms with Gasteiger partial charge in [0, 0.05) is 17.0 Å². The van der Waals surface area contributed by atoms with Crippen LogP contribution in [0.1, 0.15) is 49.8 Å². The fourth-order valence-electron chi connectivity index (χ4n) is 3.75. The highest BCUT2D eigenvalue weighted by atomic mass is 35.5. The maximum absolute atomic E-state index is 12.7. The molecule has 1 atom stereocenters. The lowest BCUT2D eigenvalue weighted by Crippen LogP contribution is -2.41. The Bertz CT molecular complexity index is 1030. The maximum Gasteiger partial charge on any atom is 0.416 e. The summed E-state index contributed by atoms with van der Waals surface area (Å²) in [6.45, 7) is 1.88. The minimum Gasteiger partial charge on any atom is -0.349 e. The molecule has 0 aliphatic heterocycles. The first-order chi connectivity index (χ1) is 15.0. The molecular formula is C22H24ClF3N2O3S. The van der Waals surface area contributed by atoms with Crippen LogP contribution in [0, 0.1) is 5.92 Å². The van der Waals surface area contributed by atoms with Gasteiger partial charge >= 0.3 is 6.18 Å². The largest absolute Gasteiger partial charge is 0.416 e. The molecule has 0 spiro atoms. The molecule has 2 N–H and O–H groups in total. The molecule has 1 aliphatic rings. The highest BCUT2D eigenvalue weighted by molar-refractivity contribution is 7.89. The van der Waals surface area contributed by atoms with Gasteiger partial charge in [0.05, 0.1) is 16.5 Å². The van der Waals surface area contributed by atoms with E-state index in [-0.39, 0.29) is 28.8 Å². The number of sulfonamides is 1. The second-order valence-corrected chi connectivity index (χ2v) is 10.1. The normalized spacial score (nSPS) is 20.5. The van der Waals surface area contributed by atoms with E-state index >= 15 is 0 Å². The summed E-state index contributed by atoms with van der Waals surface area (Å²) >= 11 is 5.89. The Morgan fingerprint density at radius 3 is 2.09 bits per heavy atom. The van der Waals surface area contributed by atoms with Crippen LogP contribution in [0.3, 0.4) is 0 Å². The summed E-state index contributed by atoms with van der Waals surface area (Å²) < 4.78 is 65.6. The first-order valence-electron chi connectivity index (χ1n) is 10.2. The molecule has 2 aromatic rings. The molecular weight excluding hydrogens is 465 g/mol. The molecule has 1 amide bonds. The quantitative estimate of drug-likeness (QED) is 0.596. The van der Waals surface area contributed by atoms with Crippen LogP contribution in [0.5, 0.6) is 0 Å². The number of amides is 1. The fourth-order valence-corrected chi connectivity index (χ4v) is 5.18. The van der Waals surface area contributed by atoms with E-state index in [1.54, 1.807) is 12.1 Å². The van der Waals surface area contributed by atoms with Gasteiger partial charge in [0.15, 0.2) is 0 Å². The summed E-state index contributed by atoms with van der Waals surface area (Å²) in [5.41, 5.74) is 0.0246. The van der Waals surface area contributed by atoms with Gasteiger partial charge < -0.3 is 5.32 Å². The van der Waals surface area contributed by atoms with Crippen molar-refractivity contribution < 1.29 is 26.4 Å². The Labute approximate surface area is 190 Å². The molecule has 1 aliphatic carbocycles. The summed E-state index contributed by atoms with van der Waals surface area (Å²) in [5.74, 6) is -0.312. The second kappa shape index (κ2) is 9.80. The third-order valence-corrected chi connectivity index (χ3v) is 7.43. The molecule has 32 heavy (non-hydrogen) atoms. The fraction of sp³-hybridized carbons (Fsp3) is 0.409. The zero-order chi connectivity index (χ0) is 23.5. The third-order valence-electron chi connectivity index (χ3n) is 5.64. The second-order valence-electron chi connectivity index (χ2n) is 7.97. The van der Waals surface area contributed by atoms with Gasteiger partial charge in [-0.1, -0.05) is 23.7 Å². The summed E-state index contributed by atoms with van der Waals surface area (Å²) in [6.07, 6.45) is -2.57. The van der Waals surface area contributed by atoms with Crippen LogP contribution in [0.2, 0.25) is 5.02 Å². The maximum atomic E-state index is 12.7. The molecule has 0 heterocycles. The van der Waals surface area contributed by atoms with E-state index in [4.69, 9.17) is 11.6 Å². The Morgan fingerprint density at radius 1 is 1.00 bits per heavy atom. The molecule has 0 radical (unpaired) electrons. The number of hydrogen-bond acceptors (Lipinski definition) is 3. The Hall–Kier alpha value is -2.10. The first kappa shape index (κ1) is 24.5. The van der Waals surface area contributed by atoms with Crippen molar-refractivity contribution in [3.05, 3.63) is 64.7 Å². The van der Waals surface area contributed by atoms with E-state index in [1.807, 2.05) is 19.1 Å². The van der Waals surface area contributed by atoms with E-state index in [9.17, 15) is 26.4 Å². The van der Waals surface area contributed by atoms with Crippen molar-refractivity contribution in [1.82, 2.24) is 10.0 Å². The van der Waals surface area contributed by atoms with Crippen molar-refractivity contribution in [2.45, 2.75) is 55.8 Å². The number of halogens is 4. The molecule has 0 unspecified atom stereocenters. The van der Waals surface area contributed by atoms with Crippen LogP contribution in [0.15, 0.2) is 53.4 Å². The van der Waals surface area contributed by atoms with Crippen LogP contribution >= 0.6 is 11.6 Å². The predicted molar refractivity (Wildman–Crippen MR) is 116 cm³/mol. The topological polar surface area (TPSA) is 75.3 Å². The standard InChI is InChI=1S/C22H24ClF3N2O3S/c1-14(15-2-8-18(23)9-3-15)27-21(29)16-4-10-19(11-5-16)28-32(30,31)20-12-6-17(7-13-20)22(24,25)26/h2-3,6-9,12-14,16,19,28H,4-5,10-11H2,1H3,(H,27,29)/t14-,16?,19?/m1/s1. The van der Waals surface area contributed by atoms with Gasteiger partial charge in [0.25, 0.3) is 0 Å². The Balaban J connectivity index is 1.52. The molecule has 174 valence electrons. The highest BCUT2D eigenvalue weighted by Crippen LogP contribution is 2.30. The van der Waals surface area contributed by atoms with Crippen molar-refractivity contribution >= 4 is 27.5 Å². The van der Waals surface area contributed by atoms with Gasteiger partial charge in [0.2, 0.25) is 15.9 Å². The molecule has 5 nitrogen and oxygen atoms in total. The van der Waals surface area contributed by atoms with E-state index in [0.717, 1.165) is 29.8 Å². The number of rotatable bonds is 6. The summed E-state index contributed by atoms with van der Waals surface area (Å²) in [4.78, 5) is 12.4. The van der Waals surface area contributed by atoms with Gasteiger partial charge in [-0.2, -0.15) is 13.2 Å². The predicted octanol–water partition coefficient (Wildman–Crippen LogP) is 5.07. The van der Waals surface area contributed by atoms with Crippen LogP contribution in [-0.2, 0) is 21.0 Å². The lowest BCUT2D eigenvalue weighted by Gasteiger charge is -2.29. The number of nitrogens with one attached hydrogen (secondary N) is 2.